The summed E-state index contributed by atoms with van der Waals surface area (Å²) < 4.78 is 5.56. The molecular weight excluding hydrogens is 390 g/mol. The van der Waals surface area contributed by atoms with Crippen molar-refractivity contribution in [3.63, 3.8) is 0 Å². The van der Waals surface area contributed by atoms with Crippen molar-refractivity contribution in [2.45, 2.75) is 50.2 Å². The van der Waals surface area contributed by atoms with Gasteiger partial charge in [0.25, 0.3) is 0 Å². The molecule has 0 radical (unpaired) electrons. The van der Waals surface area contributed by atoms with Crippen LogP contribution in [0, 0.1) is 5.92 Å². The molecule has 3 fully saturated rings. The summed E-state index contributed by atoms with van der Waals surface area (Å²) in [6, 6.07) is 10.2. The summed E-state index contributed by atoms with van der Waals surface area (Å²) >= 11 is 0. The van der Waals surface area contributed by atoms with Crippen molar-refractivity contribution in [3.05, 3.63) is 42.1 Å². The first-order chi connectivity index (χ1) is 15.2. The Morgan fingerprint density at radius 2 is 1.87 bits per heavy atom. The highest BCUT2D eigenvalue weighted by molar-refractivity contribution is 5.87. The summed E-state index contributed by atoms with van der Waals surface area (Å²) in [5, 5.41) is 12.0. The molecule has 3 aliphatic rings. The highest BCUT2D eigenvalue weighted by atomic mass is 16.5. The summed E-state index contributed by atoms with van der Waals surface area (Å²) in [6.45, 7) is 4.13. The third kappa shape index (κ3) is 3.97. The quantitative estimate of drug-likeness (QED) is 0.819. The second kappa shape index (κ2) is 8.85. The minimum absolute atomic E-state index is 0.0556. The van der Waals surface area contributed by atoms with Crippen molar-refractivity contribution < 1.29 is 14.6 Å². The summed E-state index contributed by atoms with van der Waals surface area (Å²) in [7, 11) is 0. The lowest BCUT2D eigenvalue weighted by Gasteiger charge is -2.48. The number of ether oxygens (including phenoxy) is 1. The topological polar surface area (TPSA) is 65.9 Å². The Labute approximate surface area is 184 Å². The molecule has 0 bridgehead atoms. The third-order valence-electron chi connectivity index (χ3n) is 7.61. The lowest BCUT2D eigenvalue weighted by Crippen LogP contribution is -2.62. The largest absolute Gasteiger partial charge is 0.391 e. The summed E-state index contributed by atoms with van der Waals surface area (Å²) in [5.74, 6) is 0.287. The monoisotopic (exact) mass is 423 g/mol. The number of para-hydroxylation sites is 1. The van der Waals surface area contributed by atoms with E-state index in [4.69, 9.17) is 4.74 Å². The Hall–Kier alpha value is -2.02. The normalized spacial score (nSPS) is 26.9. The van der Waals surface area contributed by atoms with Gasteiger partial charge in [0.15, 0.2) is 0 Å². The SMILES string of the molecule is O=C(N1C[C@@H](Cc2ccnc3ccccc23)[C@H](O)C1)C1(N2CCOCC2)CCCCC1. The van der Waals surface area contributed by atoms with Gasteiger partial charge >= 0.3 is 0 Å². The van der Waals surface area contributed by atoms with Gasteiger partial charge in [0, 0.05) is 43.7 Å². The van der Waals surface area contributed by atoms with Crippen molar-refractivity contribution in [1.82, 2.24) is 14.8 Å². The highest BCUT2D eigenvalue weighted by Gasteiger charge is 2.49. The average molecular weight is 424 g/mol. The Morgan fingerprint density at radius 3 is 2.68 bits per heavy atom. The van der Waals surface area contributed by atoms with Gasteiger partial charge in [-0.1, -0.05) is 37.5 Å². The Kier molecular flexibility index (Phi) is 5.95. The Morgan fingerprint density at radius 1 is 1.10 bits per heavy atom. The predicted molar refractivity (Wildman–Crippen MR) is 120 cm³/mol. The van der Waals surface area contributed by atoms with Crippen LogP contribution in [0.2, 0.25) is 0 Å². The van der Waals surface area contributed by atoms with Crippen LogP contribution in [0.5, 0.6) is 0 Å². The fourth-order valence-electron chi connectivity index (χ4n) is 5.92. The van der Waals surface area contributed by atoms with Crippen LogP contribution in [0.1, 0.15) is 37.7 Å². The number of morpholine rings is 1. The Balaban J connectivity index is 1.34. The molecule has 5 rings (SSSR count). The number of hydrogen-bond acceptors (Lipinski definition) is 5. The molecule has 2 saturated heterocycles. The maximum Gasteiger partial charge on any atom is 0.243 e. The van der Waals surface area contributed by atoms with Crippen LogP contribution in [-0.2, 0) is 16.0 Å². The van der Waals surface area contributed by atoms with Crippen molar-refractivity contribution in [2.24, 2.45) is 5.92 Å². The van der Waals surface area contributed by atoms with E-state index in [-0.39, 0.29) is 11.8 Å². The second-order valence-electron chi connectivity index (χ2n) is 9.42. The van der Waals surface area contributed by atoms with Crippen LogP contribution < -0.4 is 0 Å². The van der Waals surface area contributed by atoms with E-state index in [1.807, 2.05) is 29.3 Å². The van der Waals surface area contributed by atoms with Crippen LogP contribution in [0.25, 0.3) is 10.9 Å². The first-order valence-corrected chi connectivity index (χ1v) is 11.8. The van der Waals surface area contributed by atoms with Crippen LogP contribution in [0.4, 0.5) is 0 Å². The molecule has 1 aromatic heterocycles. The molecule has 2 aliphatic heterocycles. The zero-order valence-electron chi connectivity index (χ0n) is 18.2. The number of carbonyl (C=O) groups is 1. The van der Waals surface area contributed by atoms with Gasteiger partial charge < -0.3 is 14.7 Å². The molecule has 0 unspecified atom stereocenters. The second-order valence-corrected chi connectivity index (χ2v) is 9.42. The number of hydrogen-bond donors (Lipinski definition) is 1. The van der Waals surface area contributed by atoms with Crippen LogP contribution in [0.3, 0.4) is 0 Å². The maximum atomic E-state index is 13.9. The number of benzene rings is 1. The lowest BCUT2D eigenvalue weighted by atomic mass is 9.78. The van der Waals surface area contributed by atoms with E-state index in [1.165, 1.54) is 12.0 Å². The van der Waals surface area contributed by atoms with Gasteiger partial charge in [-0.05, 0) is 37.0 Å². The average Bonchev–Trinajstić information content (AvgIpc) is 3.20. The molecule has 0 spiro atoms. The van der Waals surface area contributed by atoms with E-state index in [0.717, 1.165) is 56.1 Å². The number of β-amino-alcohol motifs (C(OH)–C–C–N with tert-alkyl or cyclic N) is 1. The van der Waals surface area contributed by atoms with Crippen molar-refractivity contribution in [3.8, 4) is 0 Å². The number of fused-ring (bicyclic) bond motifs is 1. The van der Waals surface area contributed by atoms with Crippen molar-refractivity contribution in [2.75, 3.05) is 39.4 Å². The molecule has 1 amide bonds. The molecule has 2 aromatic rings. The van der Waals surface area contributed by atoms with Crippen molar-refractivity contribution >= 4 is 16.8 Å². The van der Waals surface area contributed by atoms with E-state index in [0.29, 0.717) is 26.3 Å². The molecule has 31 heavy (non-hydrogen) atoms. The first kappa shape index (κ1) is 20.9. The predicted octanol–water partition coefficient (Wildman–Crippen LogP) is 2.63. The van der Waals surface area contributed by atoms with Crippen LogP contribution >= 0.6 is 0 Å². The van der Waals surface area contributed by atoms with Crippen molar-refractivity contribution in [1.29, 1.82) is 0 Å². The molecule has 1 saturated carbocycles. The molecule has 6 heteroatoms. The number of aromatic nitrogens is 1. The van der Waals surface area contributed by atoms with E-state index >= 15 is 0 Å². The van der Waals surface area contributed by atoms with Gasteiger partial charge in [0.1, 0.15) is 5.54 Å². The number of nitrogens with zero attached hydrogens (tertiary/aromatic N) is 3. The zero-order chi connectivity index (χ0) is 21.3. The molecule has 166 valence electrons. The first-order valence-electron chi connectivity index (χ1n) is 11.8. The Bertz CT molecular complexity index is 916. The molecule has 1 aliphatic carbocycles. The smallest absolute Gasteiger partial charge is 0.243 e. The number of aliphatic hydroxyl groups is 1. The molecule has 6 nitrogen and oxygen atoms in total. The van der Waals surface area contributed by atoms with Gasteiger partial charge in [-0.15, -0.1) is 0 Å². The van der Waals surface area contributed by atoms with E-state index in [1.54, 1.807) is 0 Å². The van der Waals surface area contributed by atoms with Gasteiger partial charge in [0.2, 0.25) is 5.91 Å². The molecular formula is C25H33N3O3. The number of likely N-dealkylation sites (tertiary alicyclic amines) is 1. The number of aliphatic hydroxyl groups excluding tert-OH is 1. The van der Waals surface area contributed by atoms with Gasteiger partial charge in [-0.25, -0.2) is 0 Å². The summed E-state index contributed by atoms with van der Waals surface area (Å²) in [6.07, 6.45) is 7.39. The fourth-order valence-corrected chi connectivity index (χ4v) is 5.92. The van der Waals surface area contributed by atoms with Gasteiger partial charge in [-0.3, -0.25) is 14.7 Å². The van der Waals surface area contributed by atoms with Gasteiger partial charge in [-0.2, -0.15) is 0 Å². The minimum Gasteiger partial charge on any atom is -0.391 e. The van der Waals surface area contributed by atoms with Crippen LogP contribution in [-0.4, -0.2) is 76.8 Å². The number of rotatable bonds is 4. The van der Waals surface area contributed by atoms with E-state index in [2.05, 4.69) is 22.0 Å². The number of amides is 1. The lowest BCUT2D eigenvalue weighted by molar-refractivity contribution is -0.150. The zero-order valence-corrected chi connectivity index (χ0v) is 18.2. The van der Waals surface area contributed by atoms with Crippen LogP contribution in [0.15, 0.2) is 36.5 Å². The van der Waals surface area contributed by atoms with E-state index < -0.39 is 11.6 Å². The maximum absolute atomic E-state index is 13.9. The minimum atomic E-state index is -0.485. The summed E-state index contributed by atoms with van der Waals surface area (Å²) in [4.78, 5) is 22.7. The fraction of sp³-hybridized carbons (Fsp3) is 0.600. The highest BCUT2D eigenvalue weighted by Crippen LogP contribution is 2.37. The molecule has 3 heterocycles. The molecule has 2 atom stereocenters. The number of carbonyl (C=O) groups excluding carboxylic acids is 1. The van der Waals surface area contributed by atoms with E-state index in [9.17, 15) is 9.90 Å². The van der Waals surface area contributed by atoms with Gasteiger partial charge in [0.05, 0.1) is 24.8 Å². The third-order valence-corrected chi connectivity index (χ3v) is 7.61. The number of pyridine rings is 1. The standard InChI is InChI=1S/C25H33N3O3/c29-23-18-27(17-20(23)16-19-8-11-26-22-7-3-2-6-21(19)22)24(30)25(9-4-1-5-10-25)28-12-14-31-15-13-28/h2-3,6-8,11,20,23,29H,1,4-5,9-10,12-18H2/t20-,23-/m1/s1. The summed E-state index contributed by atoms with van der Waals surface area (Å²) in [5.41, 5.74) is 1.78. The molecule has 1 N–H and O–H groups in total. The molecule has 1 aromatic carbocycles.